The van der Waals surface area contributed by atoms with Crippen LogP contribution in [0.3, 0.4) is 0 Å². The molecule has 1 aromatic heterocycles. The number of aryl methyl sites for hydroxylation is 1. The second kappa shape index (κ2) is 7.27. The van der Waals surface area contributed by atoms with Crippen LogP contribution >= 0.6 is 11.6 Å². The Morgan fingerprint density at radius 3 is 2.67 bits per heavy atom. The van der Waals surface area contributed by atoms with Gasteiger partial charge in [0, 0.05) is 31.5 Å². The molecule has 0 aliphatic heterocycles. The Bertz CT molecular complexity index is 606. The van der Waals surface area contributed by atoms with Gasteiger partial charge >= 0.3 is 0 Å². The van der Waals surface area contributed by atoms with Crippen LogP contribution < -0.4 is 0 Å². The smallest absolute Gasteiger partial charge is 0.223 e. The molecule has 0 unspecified atom stereocenters. The summed E-state index contributed by atoms with van der Waals surface area (Å²) in [6.07, 6.45) is 2.56. The van der Waals surface area contributed by atoms with Crippen LogP contribution in [-0.2, 0) is 11.2 Å². The van der Waals surface area contributed by atoms with Gasteiger partial charge in [-0.3, -0.25) is 4.79 Å². The Kier molecular flexibility index (Phi) is 5.39. The predicted molar refractivity (Wildman–Crippen MR) is 83.2 cm³/mol. The molecule has 112 valence electrons. The summed E-state index contributed by atoms with van der Waals surface area (Å²) in [5.41, 5.74) is 0.813. The molecule has 0 radical (unpaired) electrons. The molecule has 5 heteroatoms. The molecule has 1 heterocycles. The zero-order valence-electron chi connectivity index (χ0n) is 12.3. The maximum atomic E-state index is 11.9. The average molecular weight is 307 g/mol. The molecule has 0 atom stereocenters. The summed E-state index contributed by atoms with van der Waals surface area (Å²) in [4.78, 5) is 18.0. The van der Waals surface area contributed by atoms with Crippen molar-refractivity contribution in [3.05, 3.63) is 41.4 Å². The van der Waals surface area contributed by atoms with Gasteiger partial charge < -0.3 is 9.32 Å². The van der Waals surface area contributed by atoms with E-state index in [0.29, 0.717) is 29.5 Å². The molecule has 0 bridgehead atoms. The van der Waals surface area contributed by atoms with E-state index in [1.165, 1.54) is 0 Å². The largest absolute Gasteiger partial charge is 0.441 e. The molecular formula is C16H19ClN2O2. The van der Waals surface area contributed by atoms with Crippen molar-refractivity contribution < 1.29 is 9.21 Å². The number of aromatic nitrogens is 1. The molecule has 0 spiro atoms. The van der Waals surface area contributed by atoms with Crippen molar-refractivity contribution in [1.82, 2.24) is 9.88 Å². The number of halogens is 1. The van der Waals surface area contributed by atoms with E-state index >= 15 is 0 Å². The first kappa shape index (κ1) is 15.6. The first-order chi connectivity index (χ1) is 10.2. The highest BCUT2D eigenvalue weighted by Gasteiger charge is 2.13. The van der Waals surface area contributed by atoms with E-state index in [9.17, 15) is 4.79 Å². The number of rotatable bonds is 6. The predicted octanol–water partition coefficient (Wildman–Crippen LogP) is 3.80. The second-order valence-electron chi connectivity index (χ2n) is 4.66. The normalized spacial score (nSPS) is 10.6. The lowest BCUT2D eigenvalue weighted by atomic mass is 10.2. The van der Waals surface area contributed by atoms with Crippen molar-refractivity contribution in [3.8, 4) is 11.3 Å². The highest BCUT2D eigenvalue weighted by molar-refractivity contribution is 6.33. The molecule has 1 aromatic carbocycles. The van der Waals surface area contributed by atoms with Gasteiger partial charge in [-0.05, 0) is 26.0 Å². The topological polar surface area (TPSA) is 46.3 Å². The van der Waals surface area contributed by atoms with Crippen molar-refractivity contribution in [2.75, 3.05) is 13.1 Å². The fraction of sp³-hybridized carbons (Fsp3) is 0.375. The third-order valence-corrected chi connectivity index (χ3v) is 3.69. The first-order valence-corrected chi connectivity index (χ1v) is 7.50. The summed E-state index contributed by atoms with van der Waals surface area (Å²) < 4.78 is 5.68. The van der Waals surface area contributed by atoms with E-state index in [4.69, 9.17) is 16.0 Å². The Morgan fingerprint density at radius 2 is 2.00 bits per heavy atom. The van der Waals surface area contributed by atoms with Gasteiger partial charge in [-0.2, -0.15) is 0 Å². The van der Waals surface area contributed by atoms with Gasteiger partial charge in [-0.1, -0.05) is 23.7 Å². The Balaban J connectivity index is 2.01. The molecule has 0 aliphatic rings. The van der Waals surface area contributed by atoms with Gasteiger partial charge in [0.05, 0.1) is 11.2 Å². The van der Waals surface area contributed by atoms with Crippen molar-refractivity contribution >= 4 is 17.5 Å². The molecule has 0 N–H and O–H groups in total. The third kappa shape index (κ3) is 3.85. The number of hydrogen-bond donors (Lipinski definition) is 0. The number of hydrogen-bond acceptors (Lipinski definition) is 3. The van der Waals surface area contributed by atoms with Crippen LogP contribution in [-0.4, -0.2) is 28.9 Å². The second-order valence-corrected chi connectivity index (χ2v) is 5.07. The lowest BCUT2D eigenvalue weighted by Gasteiger charge is -2.17. The summed E-state index contributed by atoms with van der Waals surface area (Å²) in [6.45, 7) is 5.40. The zero-order valence-corrected chi connectivity index (χ0v) is 13.1. The van der Waals surface area contributed by atoms with Crippen LogP contribution in [0.2, 0.25) is 5.02 Å². The fourth-order valence-electron chi connectivity index (χ4n) is 2.16. The van der Waals surface area contributed by atoms with E-state index in [1.807, 2.05) is 38.1 Å². The number of carbonyl (C=O) groups excluding carboxylic acids is 1. The molecule has 0 aliphatic carbocycles. The molecule has 0 fully saturated rings. The lowest BCUT2D eigenvalue weighted by molar-refractivity contribution is -0.130. The number of carbonyl (C=O) groups is 1. The van der Waals surface area contributed by atoms with Crippen LogP contribution in [0.25, 0.3) is 11.3 Å². The standard InChI is InChI=1S/C16H19ClN2O2/c1-3-19(4-2)16(20)10-9-15-18-11-14(21-15)12-7-5-6-8-13(12)17/h5-8,11H,3-4,9-10H2,1-2H3. The number of amides is 1. The lowest BCUT2D eigenvalue weighted by Crippen LogP contribution is -2.30. The molecular weight excluding hydrogens is 288 g/mol. The van der Waals surface area contributed by atoms with Crippen LogP contribution in [0.15, 0.2) is 34.9 Å². The SMILES string of the molecule is CCN(CC)C(=O)CCc1ncc(-c2ccccc2Cl)o1. The van der Waals surface area contributed by atoms with Gasteiger partial charge in [0.25, 0.3) is 0 Å². The summed E-state index contributed by atoms with van der Waals surface area (Å²) in [5, 5.41) is 0.624. The van der Waals surface area contributed by atoms with E-state index in [1.54, 1.807) is 11.1 Å². The van der Waals surface area contributed by atoms with E-state index in [0.717, 1.165) is 18.7 Å². The van der Waals surface area contributed by atoms with Gasteiger partial charge in [0.15, 0.2) is 11.7 Å². The molecule has 4 nitrogen and oxygen atoms in total. The maximum absolute atomic E-state index is 11.9. The van der Waals surface area contributed by atoms with E-state index < -0.39 is 0 Å². The van der Waals surface area contributed by atoms with Crippen molar-refractivity contribution in [1.29, 1.82) is 0 Å². The van der Waals surface area contributed by atoms with Gasteiger partial charge in [-0.15, -0.1) is 0 Å². The molecule has 0 saturated heterocycles. The highest BCUT2D eigenvalue weighted by Crippen LogP contribution is 2.28. The first-order valence-electron chi connectivity index (χ1n) is 7.13. The monoisotopic (exact) mass is 306 g/mol. The number of oxazole rings is 1. The zero-order chi connectivity index (χ0) is 15.2. The van der Waals surface area contributed by atoms with Crippen LogP contribution in [0, 0.1) is 0 Å². The van der Waals surface area contributed by atoms with Gasteiger partial charge in [-0.25, -0.2) is 4.98 Å². The Morgan fingerprint density at radius 1 is 1.29 bits per heavy atom. The fourth-order valence-corrected chi connectivity index (χ4v) is 2.39. The van der Waals surface area contributed by atoms with Crippen LogP contribution in [0.5, 0.6) is 0 Å². The molecule has 0 saturated carbocycles. The highest BCUT2D eigenvalue weighted by atomic mass is 35.5. The maximum Gasteiger partial charge on any atom is 0.223 e. The Labute approximate surface area is 129 Å². The van der Waals surface area contributed by atoms with Crippen molar-refractivity contribution in [2.45, 2.75) is 26.7 Å². The van der Waals surface area contributed by atoms with E-state index in [2.05, 4.69) is 4.98 Å². The molecule has 2 rings (SSSR count). The minimum Gasteiger partial charge on any atom is -0.441 e. The quantitative estimate of drug-likeness (QED) is 0.815. The summed E-state index contributed by atoms with van der Waals surface area (Å²) in [7, 11) is 0. The summed E-state index contributed by atoms with van der Waals surface area (Å²) in [5.74, 6) is 1.31. The Hall–Kier alpha value is -1.81. The minimum absolute atomic E-state index is 0.123. The third-order valence-electron chi connectivity index (χ3n) is 3.36. The van der Waals surface area contributed by atoms with Crippen LogP contribution in [0.1, 0.15) is 26.2 Å². The molecule has 1 amide bonds. The average Bonchev–Trinajstić information content (AvgIpc) is 2.95. The summed E-state index contributed by atoms with van der Waals surface area (Å²) >= 11 is 6.13. The molecule has 2 aromatic rings. The summed E-state index contributed by atoms with van der Waals surface area (Å²) in [6, 6.07) is 7.45. The van der Waals surface area contributed by atoms with E-state index in [-0.39, 0.29) is 5.91 Å². The molecule has 21 heavy (non-hydrogen) atoms. The number of nitrogens with zero attached hydrogens (tertiary/aromatic N) is 2. The number of benzene rings is 1. The van der Waals surface area contributed by atoms with Gasteiger partial charge in [0.2, 0.25) is 5.91 Å². The van der Waals surface area contributed by atoms with Crippen LogP contribution in [0.4, 0.5) is 0 Å². The van der Waals surface area contributed by atoms with Crippen molar-refractivity contribution in [3.63, 3.8) is 0 Å². The van der Waals surface area contributed by atoms with Crippen molar-refractivity contribution in [2.24, 2.45) is 0 Å². The van der Waals surface area contributed by atoms with Gasteiger partial charge in [0.1, 0.15) is 0 Å². The minimum atomic E-state index is 0.123.